The Labute approximate surface area is 207 Å². The molecule has 3 amide bonds. The molecule has 0 bridgehead atoms. The Balaban J connectivity index is 1.35. The van der Waals surface area contributed by atoms with Gasteiger partial charge in [0.25, 0.3) is 5.91 Å². The van der Waals surface area contributed by atoms with Crippen LogP contribution >= 0.6 is 0 Å². The van der Waals surface area contributed by atoms with E-state index in [4.69, 9.17) is 5.11 Å². The second kappa shape index (κ2) is 8.69. The van der Waals surface area contributed by atoms with Crippen molar-refractivity contribution in [3.05, 3.63) is 35.8 Å². The first-order chi connectivity index (χ1) is 17.0. The molecule has 5 atom stereocenters. The highest BCUT2D eigenvalue weighted by Crippen LogP contribution is 2.65. The molecule has 1 saturated heterocycles. The van der Waals surface area contributed by atoms with Crippen LogP contribution in [0.15, 0.2) is 24.3 Å². The van der Waals surface area contributed by atoms with Gasteiger partial charge in [-0.25, -0.2) is 4.39 Å². The van der Waals surface area contributed by atoms with Crippen LogP contribution < -0.4 is 10.6 Å². The molecule has 1 aliphatic heterocycles. The molecule has 9 nitrogen and oxygen atoms in total. The number of hydrogen-bond acceptors (Lipinski definition) is 5. The van der Waals surface area contributed by atoms with E-state index in [2.05, 4.69) is 29.5 Å². The van der Waals surface area contributed by atoms with Crippen molar-refractivity contribution >= 4 is 34.4 Å². The summed E-state index contributed by atoms with van der Waals surface area (Å²) < 4.78 is 14.1. The Morgan fingerprint density at radius 1 is 1.22 bits per heavy atom. The van der Waals surface area contributed by atoms with Gasteiger partial charge in [-0.1, -0.05) is 19.9 Å². The van der Waals surface area contributed by atoms with Crippen LogP contribution in [-0.2, 0) is 14.4 Å². The summed E-state index contributed by atoms with van der Waals surface area (Å²) in [7, 11) is 0. The lowest BCUT2D eigenvalue weighted by molar-refractivity contribution is -0.143. The van der Waals surface area contributed by atoms with Gasteiger partial charge in [0.2, 0.25) is 11.8 Å². The predicted molar refractivity (Wildman–Crippen MR) is 128 cm³/mol. The zero-order valence-electron chi connectivity index (χ0n) is 20.5. The first kappa shape index (κ1) is 24.4. The number of aromatic amines is 1. The minimum atomic E-state index is -0.873. The van der Waals surface area contributed by atoms with E-state index in [1.54, 1.807) is 17.0 Å². The average Bonchev–Trinajstić information content (AvgIpc) is 3.61. The fraction of sp³-hybridized carbons (Fsp3) is 0.538. The fourth-order valence-corrected chi connectivity index (χ4v) is 5.78. The summed E-state index contributed by atoms with van der Waals surface area (Å²) >= 11 is 0. The predicted octanol–water partition coefficient (Wildman–Crippen LogP) is 1.36. The average molecular weight is 499 g/mol. The largest absolute Gasteiger partial charge is 0.389 e. The minimum absolute atomic E-state index is 0.0360. The van der Waals surface area contributed by atoms with Crippen LogP contribution in [-0.4, -0.2) is 69.8 Å². The maximum absolute atomic E-state index is 14.1. The third-order valence-corrected chi connectivity index (χ3v) is 8.26. The van der Waals surface area contributed by atoms with Gasteiger partial charge in [-0.2, -0.15) is 0 Å². The standard InChI is InChI=1S/C26H31FN4O5/c1-12(19(33)11-32)28-24(35)22-20-15(26(20,2)3)10-31(22)25(36)21(13-7-8-13)30-23(34)18-9-14-16(27)5-4-6-17(14)29-18/h4-6,9,12-13,15,20-22,29,32H,7-8,10-11H2,1-3H3,(H,28,35)(H,30,34)/t12-,15-,20-,21-,22-/m0/s1. The summed E-state index contributed by atoms with van der Waals surface area (Å²) in [5.74, 6) is -2.16. The van der Waals surface area contributed by atoms with E-state index in [1.165, 1.54) is 19.1 Å². The summed E-state index contributed by atoms with van der Waals surface area (Å²) in [5.41, 5.74) is 0.527. The number of carbonyl (C=O) groups excluding carboxylic acids is 4. The number of amides is 3. The van der Waals surface area contributed by atoms with Crippen LogP contribution in [0, 0.1) is 29.0 Å². The Morgan fingerprint density at radius 3 is 2.58 bits per heavy atom. The number of hydrogen-bond donors (Lipinski definition) is 4. The molecule has 2 saturated carbocycles. The molecule has 3 aliphatic rings. The van der Waals surface area contributed by atoms with Crippen LogP contribution in [0.2, 0.25) is 0 Å². The maximum Gasteiger partial charge on any atom is 0.268 e. The lowest BCUT2D eigenvalue weighted by Gasteiger charge is -2.33. The summed E-state index contributed by atoms with van der Waals surface area (Å²) in [6, 6.07) is 3.52. The molecule has 1 aromatic carbocycles. The second-order valence-electron chi connectivity index (χ2n) is 10.9. The lowest BCUT2D eigenvalue weighted by atomic mass is 9.98. The molecule has 0 spiro atoms. The Kier molecular flexibility index (Phi) is 5.89. The Bertz CT molecular complexity index is 1250. The molecule has 4 N–H and O–H groups in total. The number of nitrogens with one attached hydrogen (secondary N) is 3. The highest BCUT2D eigenvalue weighted by Gasteiger charge is 2.69. The van der Waals surface area contributed by atoms with E-state index in [9.17, 15) is 23.6 Å². The van der Waals surface area contributed by atoms with Crippen molar-refractivity contribution in [1.82, 2.24) is 20.5 Å². The summed E-state index contributed by atoms with van der Waals surface area (Å²) in [6.45, 7) is 5.33. The number of nitrogens with zero attached hydrogens (tertiary/aromatic N) is 1. The van der Waals surface area contributed by atoms with Crippen molar-refractivity contribution in [1.29, 1.82) is 0 Å². The van der Waals surface area contributed by atoms with Crippen molar-refractivity contribution in [2.24, 2.45) is 23.2 Å². The number of Topliss-reactive ketones (excluding diaryl/α,β-unsaturated/α-hetero) is 1. The van der Waals surface area contributed by atoms with Crippen molar-refractivity contribution in [2.45, 2.75) is 51.7 Å². The third kappa shape index (κ3) is 4.07. The van der Waals surface area contributed by atoms with Crippen molar-refractivity contribution in [3.8, 4) is 0 Å². The quantitative estimate of drug-likeness (QED) is 0.437. The molecule has 3 fully saturated rings. The molecule has 10 heteroatoms. The number of H-pyrrole nitrogens is 1. The maximum atomic E-state index is 14.1. The van der Waals surface area contributed by atoms with E-state index in [0.29, 0.717) is 17.4 Å². The Morgan fingerprint density at radius 2 is 1.94 bits per heavy atom. The number of halogens is 1. The van der Waals surface area contributed by atoms with Gasteiger partial charge in [0.05, 0.1) is 6.04 Å². The van der Waals surface area contributed by atoms with Gasteiger partial charge in [-0.05, 0) is 61.1 Å². The summed E-state index contributed by atoms with van der Waals surface area (Å²) in [6.07, 6.45) is 1.56. The molecule has 1 aromatic heterocycles. The van der Waals surface area contributed by atoms with E-state index in [-0.39, 0.29) is 34.8 Å². The first-order valence-corrected chi connectivity index (χ1v) is 12.4. The van der Waals surface area contributed by atoms with Crippen LogP contribution in [0.3, 0.4) is 0 Å². The number of aromatic nitrogens is 1. The van der Waals surface area contributed by atoms with Crippen molar-refractivity contribution in [3.63, 3.8) is 0 Å². The van der Waals surface area contributed by atoms with Crippen LogP contribution in [0.25, 0.3) is 10.9 Å². The van der Waals surface area contributed by atoms with Crippen LogP contribution in [0.1, 0.15) is 44.1 Å². The van der Waals surface area contributed by atoms with Crippen LogP contribution in [0.5, 0.6) is 0 Å². The van der Waals surface area contributed by atoms with Crippen LogP contribution in [0.4, 0.5) is 4.39 Å². The van der Waals surface area contributed by atoms with Gasteiger partial charge in [-0.3, -0.25) is 19.2 Å². The number of carbonyl (C=O) groups is 4. The van der Waals surface area contributed by atoms with Gasteiger partial charge in [0, 0.05) is 17.4 Å². The third-order valence-electron chi connectivity index (χ3n) is 8.26. The van der Waals surface area contributed by atoms with Gasteiger partial charge in [0.1, 0.15) is 30.2 Å². The van der Waals surface area contributed by atoms with Gasteiger partial charge in [0.15, 0.2) is 5.78 Å². The normalized spacial score (nSPS) is 25.7. The molecule has 2 aliphatic carbocycles. The van der Waals surface area contributed by atoms with Gasteiger partial charge in [-0.15, -0.1) is 0 Å². The molecular formula is C26H31FN4O5. The summed E-state index contributed by atoms with van der Waals surface area (Å²) in [4.78, 5) is 56.3. The number of piperidine rings is 1. The number of aliphatic hydroxyl groups excluding tert-OH is 1. The Hall–Kier alpha value is -3.27. The molecular weight excluding hydrogens is 467 g/mol. The van der Waals surface area contributed by atoms with Crippen molar-refractivity contribution in [2.75, 3.05) is 13.2 Å². The number of rotatable bonds is 8. The molecule has 0 radical (unpaired) electrons. The lowest BCUT2D eigenvalue weighted by Crippen LogP contribution is -2.57. The molecule has 5 rings (SSSR count). The van der Waals surface area contributed by atoms with Gasteiger partial charge < -0.3 is 25.6 Å². The van der Waals surface area contributed by atoms with E-state index < -0.39 is 48.1 Å². The molecule has 36 heavy (non-hydrogen) atoms. The first-order valence-electron chi connectivity index (χ1n) is 12.4. The molecule has 2 heterocycles. The number of aliphatic hydroxyl groups is 1. The van der Waals surface area contributed by atoms with E-state index >= 15 is 0 Å². The van der Waals surface area contributed by atoms with Crippen molar-refractivity contribution < 1.29 is 28.7 Å². The highest BCUT2D eigenvalue weighted by atomic mass is 19.1. The monoisotopic (exact) mass is 498 g/mol. The second-order valence-corrected chi connectivity index (χ2v) is 10.9. The molecule has 0 unspecified atom stereocenters. The van der Waals surface area contributed by atoms with E-state index in [0.717, 1.165) is 12.8 Å². The summed E-state index contributed by atoms with van der Waals surface area (Å²) in [5, 5.41) is 14.9. The van der Waals surface area contributed by atoms with Gasteiger partial charge >= 0.3 is 0 Å². The number of likely N-dealkylation sites (tertiary alicyclic amines) is 1. The topological polar surface area (TPSA) is 132 Å². The highest BCUT2D eigenvalue weighted by molar-refractivity contribution is 6.01. The minimum Gasteiger partial charge on any atom is -0.389 e. The van der Waals surface area contributed by atoms with E-state index in [1.807, 2.05) is 0 Å². The zero-order chi connectivity index (χ0) is 25.9. The number of fused-ring (bicyclic) bond motifs is 2. The molecule has 192 valence electrons. The zero-order valence-corrected chi connectivity index (χ0v) is 20.5. The number of benzene rings is 1. The fourth-order valence-electron chi connectivity index (χ4n) is 5.78. The number of ketones is 1. The molecule has 2 aromatic rings. The smallest absolute Gasteiger partial charge is 0.268 e. The SMILES string of the molecule is C[C@H](NC(=O)[C@@H]1[C@@H]2[C@H](CN1C(=O)[C@@H](NC(=O)c1cc3c(F)cccc3[nH]1)C1CC1)C2(C)C)C(=O)CO.